The fourth-order valence-corrected chi connectivity index (χ4v) is 2.33. The van der Waals surface area contributed by atoms with Gasteiger partial charge in [0.2, 0.25) is 5.91 Å². The first-order valence-electron chi connectivity index (χ1n) is 8.17. The third-order valence-electron chi connectivity index (χ3n) is 3.39. The van der Waals surface area contributed by atoms with Crippen molar-refractivity contribution in [3.63, 3.8) is 0 Å². The molecule has 0 saturated carbocycles. The van der Waals surface area contributed by atoms with E-state index in [-0.39, 0.29) is 5.70 Å². The molecule has 0 aliphatic heterocycles. The standard InChI is InChI=1S/C20H19ClN2O4/c1-13(19(25)23-17-10-6-9-16(21)12-17)27-20(26)18(22-14(2)24)11-15-7-4-3-5-8-15/h3-13H,1-2H3,(H,22,24)(H,23,25)/b18-11-/t13-/m1/s1. The van der Waals surface area contributed by atoms with Gasteiger partial charge in [0.25, 0.3) is 5.91 Å². The lowest BCUT2D eigenvalue weighted by atomic mass is 10.2. The summed E-state index contributed by atoms with van der Waals surface area (Å²) in [5.41, 5.74) is 1.13. The van der Waals surface area contributed by atoms with E-state index in [4.69, 9.17) is 16.3 Å². The molecule has 0 spiro atoms. The Morgan fingerprint density at radius 1 is 1.07 bits per heavy atom. The van der Waals surface area contributed by atoms with Crippen LogP contribution in [-0.4, -0.2) is 23.9 Å². The maximum atomic E-state index is 12.4. The predicted octanol–water partition coefficient (Wildman–Crippen LogP) is 3.39. The van der Waals surface area contributed by atoms with Gasteiger partial charge in [-0.1, -0.05) is 48.0 Å². The predicted molar refractivity (Wildman–Crippen MR) is 104 cm³/mol. The number of esters is 1. The SMILES string of the molecule is CC(=O)N/C(=C\c1ccccc1)C(=O)O[C@H](C)C(=O)Nc1cccc(Cl)c1. The van der Waals surface area contributed by atoms with Crippen LogP contribution in [0.25, 0.3) is 6.08 Å². The summed E-state index contributed by atoms with van der Waals surface area (Å²) in [7, 11) is 0. The number of carbonyl (C=O) groups excluding carboxylic acids is 3. The maximum absolute atomic E-state index is 12.4. The first kappa shape index (κ1) is 20.2. The van der Waals surface area contributed by atoms with E-state index in [9.17, 15) is 14.4 Å². The van der Waals surface area contributed by atoms with Crippen LogP contribution in [0.4, 0.5) is 5.69 Å². The lowest BCUT2D eigenvalue weighted by molar-refractivity contribution is -0.149. The van der Waals surface area contributed by atoms with E-state index >= 15 is 0 Å². The van der Waals surface area contributed by atoms with Crippen LogP contribution in [0.3, 0.4) is 0 Å². The molecule has 0 aliphatic carbocycles. The van der Waals surface area contributed by atoms with Crippen LogP contribution in [0.15, 0.2) is 60.3 Å². The molecular weight excluding hydrogens is 368 g/mol. The van der Waals surface area contributed by atoms with E-state index in [2.05, 4.69) is 10.6 Å². The number of carbonyl (C=O) groups is 3. The quantitative estimate of drug-likeness (QED) is 0.588. The van der Waals surface area contributed by atoms with Crippen LogP contribution in [0.2, 0.25) is 5.02 Å². The molecule has 6 nitrogen and oxygen atoms in total. The van der Waals surface area contributed by atoms with Gasteiger partial charge in [0.05, 0.1) is 0 Å². The lowest BCUT2D eigenvalue weighted by Crippen LogP contribution is -2.33. The van der Waals surface area contributed by atoms with Crippen molar-refractivity contribution in [2.75, 3.05) is 5.32 Å². The van der Waals surface area contributed by atoms with E-state index in [1.807, 2.05) is 6.07 Å². The number of anilines is 1. The number of benzene rings is 2. The van der Waals surface area contributed by atoms with E-state index in [1.165, 1.54) is 19.9 Å². The maximum Gasteiger partial charge on any atom is 0.355 e. The fourth-order valence-electron chi connectivity index (χ4n) is 2.14. The van der Waals surface area contributed by atoms with Crippen molar-refractivity contribution >= 4 is 41.1 Å². The summed E-state index contributed by atoms with van der Waals surface area (Å²) in [6.07, 6.45) is 0.398. The van der Waals surface area contributed by atoms with Gasteiger partial charge in [-0.15, -0.1) is 0 Å². The second kappa shape index (κ2) is 9.54. The summed E-state index contributed by atoms with van der Waals surface area (Å²) in [4.78, 5) is 36.0. The second-order valence-electron chi connectivity index (χ2n) is 5.70. The topological polar surface area (TPSA) is 84.5 Å². The summed E-state index contributed by atoms with van der Waals surface area (Å²) < 4.78 is 5.18. The normalized spacial score (nSPS) is 12.0. The van der Waals surface area contributed by atoms with Crippen molar-refractivity contribution in [3.05, 3.63) is 70.9 Å². The van der Waals surface area contributed by atoms with Crippen LogP contribution in [0.5, 0.6) is 0 Å². The summed E-state index contributed by atoms with van der Waals surface area (Å²) in [6.45, 7) is 2.72. The molecule has 2 amide bonds. The lowest BCUT2D eigenvalue weighted by Gasteiger charge is -2.15. The second-order valence-corrected chi connectivity index (χ2v) is 6.13. The summed E-state index contributed by atoms with van der Waals surface area (Å²) in [5.74, 6) is -1.76. The van der Waals surface area contributed by atoms with Gasteiger partial charge in [-0.05, 0) is 36.8 Å². The first-order chi connectivity index (χ1) is 12.8. The molecule has 27 heavy (non-hydrogen) atoms. The summed E-state index contributed by atoms with van der Waals surface area (Å²) >= 11 is 5.87. The fraction of sp³-hybridized carbons (Fsp3) is 0.150. The largest absolute Gasteiger partial charge is 0.448 e. The van der Waals surface area contributed by atoms with Gasteiger partial charge in [0.1, 0.15) is 5.70 Å². The molecule has 1 atom stereocenters. The van der Waals surface area contributed by atoms with Crippen molar-refractivity contribution in [2.24, 2.45) is 0 Å². The molecule has 0 unspecified atom stereocenters. The van der Waals surface area contributed by atoms with Crippen LogP contribution in [-0.2, 0) is 19.1 Å². The van der Waals surface area contributed by atoms with Gasteiger partial charge in [-0.3, -0.25) is 9.59 Å². The molecule has 0 aromatic heterocycles. The first-order valence-corrected chi connectivity index (χ1v) is 8.54. The molecule has 0 fully saturated rings. The third kappa shape index (κ3) is 6.60. The van der Waals surface area contributed by atoms with E-state index in [1.54, 1.807) is 48.5 Å². The van der Waals surface area contributed by atoms with Gasteiger partial charge in [0, 0.05) is 17.6 Å². The Bertz CT molecular complexity index is 865. The van der Waals surface area contributed by atoms with Gasteiger partial charge in [-0.2, -0.15) is 0 Å². The summed E-state index contributed by atoms with van der Waals surface area (Å²) in [5, 5.41) is 5.51. The number of ether oxygens (including phenoxy) is 1. The highest BCUT2D eigenvalue weighted by Gasteiger charge is 2.21. The number of halogens is 1. The van der Waals surface area contributed by atoms with Gasteiger partial charge < -0.3 is 15.4 Å². The number of rotatable bonds is 6. The van der Waals surface area contributed by atoms with Crippen molar-refractivity contribution in [3.8, 4) is 0 Å². The molecule has 0 bridgehead atoms. The third-order valence-corrected chi connectivity index (χ3v) is 3.62. The molecule has 0 radical (unpaired) electrons. The Balaban J connectivity index is 2.08. The molecule has 0 aliphatic rings. The van der Waals surface area contributed by atoms with Crippen LogP contribution < -0.4 is 10.6 Å². The van der Waals surface area contributed by atoms with E-state index in [0.29, 0.717) is 16.3 Å². The van der Waals surface area contributed by atoms with Crippen LogP contribution in [0.1, 0.15) is 19.4 Å². The van der Waals surface area contributed by atoms with E-state index < -0.39 is 23.9 Å². The molecular formula is C20H19ClN2O4. The van der Waals surface area contributed by atoms with E-state index in [0.717, 1.165) is 0 Å². The zero-order chi connectivity index (χ0) is 19.8. The van der Waals surface area contributed by atoms with Crippen molar-refractivity contribution in [1.29, 1.82) is 0 Å². The highest BCUT2D eigenvalue weighted by molar-refractivity contribution is 6.30. The molecule has 2 N–H and O–H groups in total. The van der Waals surface area contributed by atoms with Crippen LogP contribution >= 0.6 is 11.6 Å². The van der Waals surface area contributed by atoms with Gasteiger partial charge in [0.15, 0.2) is 6.10 Å². The molecule has 140 valence electrons. The zero-order valence-electron chi connectivity index (χ0n) is 14.9. The average Bonchev–Trinajstić information content (AvgIpc) is 2.61. The average molecular weight is 387 g/mol. The number of nitrogens with one attached hydrogen (secondary N) is 2. The minimum atomic E-state index is -1.08. The number of hydrogen-bond donors (Lipinski definition) is 2. The van der Waals surface area contributed by atoms with Crippen LogP contribution in [0, 0.1) is 0 Å². The molecule has 2 rings (SSSR count). The Hall–Kier alpha value is -3.12. The highest BCUT2D eigenvalue weighted by Crippen LogP contribution is 2.15. The molecule has 2 aromatic rings. The van der Waals surface area contributed by atoms with Crippen molar-refractivity contribution in [2.45, 2.75) is 20.0 Å². The molecule has 0 saturated heterocycles. The Kier molecular flexibility index (Phi) is 7.14. The smallest absolute Gasteiger partial charge is 0.355 e. The number of hydrogen-bond acceptors (Lipinski definition) is 4. The molecule has 2 aromatic carbocycles. The Morgan fingerprint density at radius 2 is 1.78 bits per heavy atom. The zero-order valence-corrected chi connectivity index (χ0v) is 15.6. The van der Waals surface area contributed by atoms with Crippen molar-refractivity contribution in [1.82, 2.24) is 5.32 Å². The number of amides is 2. The summed E-state index contributed by atoms with van der Waals surface area (Å²) in [6, 6.07) is 15.6. The van der Waals surface area contributed by atoms with Crippen molar-refractivity contribution < 1.29 is 19.1 Å². The molecule has 0 heterocycles. The Morgan fingerprint density at radius 3 is 2.41 bits per heavy atom. The van der Waals surface area contributed by atoms with Gasteiger partial charge in [-0.25, -0.2) is 4.79 Å². The minimum Gasteiger partial charge on any atom is -0.448 e. The Labute approximate surface area is 162 Å². The molecule has 7 heteroatoms. The van der Waals surface area contributed by atoms with Gasteiger partial charge >= 0.3 is 5.97 Å². The highest BCUT2D eigenvalue weighted by atomic mass is 35.5. The minimum absolute atomic E-state index is 0.0592. The monoisotopic (exact) mass is 386 g/mol.